The Balaban J connectivity index is 1.40. The third kappa shape index (κ3) is 4.90. The zero-order valence-electron chi connectivity index (χ0n) is 19.4. The molecule has 0 N–H and O–H groups in total. The van der Waals surface area contributed by atoms with Crippen LogP contribution in [0.25, 0.3) is 0 Å². The van der Waals surface area contributed by atoms with Crippen LogP contribution in [0.3, 0.4) is 0 Å². The maximum Gasteiger partial charge on any atom is 0.349 e. The smallest absolute Gasteiger partial charge is 0.349 e. The number of carbonyl (C=O) groups excluding carboxylic acids is 2. The fourth-order valence-corrected chi connectivity index (χ4v) is 5.16. The predicted octanol–water partition coefficient (Wildman–Crippen LogP) is 4.63. The molecule has 1 aliphatic carbocycles. The summed E-state index contributed by atoms with van der Waals surface area (Å²) in [4.78, 5) is 24.7. The van der Waals surface area contributed by atoms with Crippen LogP contribution < -0.4 is 13.8 Å². The van der Waals surface area contributed by atoms with Crippen molar-refractivity contribution in [3.63, 3.8) is 0 Å². The molecule has 0 saturated carbocycles. The Morgan fingerprint density at radius 1 is 1.06 bits per heavy atom. The number of hydrogen-bond acceptors (Lipinski definition) is 6. The fourth-order valence-electron chi connectivity index (χ4n) is 3.96. The number of sulfonamides is 1. The number of ether oxygens (including phenoxy) is 2. The van der Waals surface area contributed by atoms with Gasteiger partial charge in [0.1, 0.15) is 17.3 Å². The second kappa shape index (κ2) is 9.50. The van der Waals surface area contributed by atoms with Gasteiger partial charge in [-0.25, -0.2) is 17.6 Å². The molecule has 1 aliphatic rings. The number of Topliss-reactive ketones (excluding diaryl/α,β-unsaturated/α-hetero) is 1. The van der Waals surface area contributed by atoms with Crippen molar-refractivity contribution in [2.24, 2.45) is 0 Å². The first-order valence-corrected chi connectivity index (χ1v) is 12.4. The molecule has 182 valence electrons. The number of nitrogens with zero attached hydrogens (tertiary/aromatic N) is 1. The average Bonchev–Trinajstić information content (AvgIpc) is 3.14. The number of anilines is 1. The van der Waals surface area contributed by atoms with Crippen molar-refractivity contribution >= 4 is 27.5 Å². The van der Waals surface area contributed by atoms with Gasteiger partial charge in [-0.3, -0.25) is 9.10 Å². The Kier molecular flexibility index (Phi) is 6.62. The molecule has 3 aromatic rings. The van der Waals surface area contributed by atoms with Crippen LogP contribution in [-0.4, -0.2) is 33.8 Å². The lowest BCUT2D eigenvalue weighted by molar-refractivity contribution is -0.136. The second-order valence-corrected chi connectivity index (χ2v) is 10.4. The predicted molar refractivity (Wildman–Crippen MR) is 128 cm³/mol. The van der Waals surface area contributed by atoms with Crippen LogP contribution in [0.15, 0.2) is 65.6 Å². The van der Waals surface area contributed by atoms with Crippen LogP contribution in [0.4, 0.5) is 10.1 Å². The Labute approximate surface area is 203 Å². The van der Waals surface area contributed by atoms with Crippen LogP contribution >= 0.6 is 0 Å². The summed E-state index contributed by atoms with van der Waals surface area (Å²) in [6.07, 6.45) is 0.164. The number of benzene rings is 3. The highest BCUT2D eigenvalue weighted by Gasteiger charge is 2.33. The summed E-state index contributed by atoms with van der Waals surface area (Å²) in [6, 6.07) is 15.2. The Morgan fingerprint density at radius 3 is 2.37 bits per heavy atom. The van der Waals surface area contributed by atoms with E-state index in [4.69, 9.17) is 9.47 Å². The van der Waals surface area contributed by atoms with Gasteiger partial charge in [0.2, 0.25) is 0 Å². The number of fused-ring (bicyclic) bond motifs is 1. The summed E-state index contributed by atoms with van der Waals surface area (Å²) in [7, 11) is -2.28. The van der Waals surface area contributed by atoms with Crippen molar-refractivity contribution in [3.05, 3.63) is 83.2 Å². The van der Waals surface area contributed by atoms with Crippen molar-refractivity contribution < 1.29 is 31.9 Å². The molecule has 0 heterocycles. The number of hydrogen-bond donors (Lipinski definition) is 0. The first-order chi connectivity index (χ1) is 16.6. The minimum atomic E-state index is -3.73. The molecule has 0 saturated heterocycles. The van der Waals surface area contributed by atoms with E-state index in [2.05, 4.69) is 0 Å². The van der Waals surface area contributed by atoms with Gasteiger partial charge in [0, 0.05) is 19.0 Å². The van der Waals surface area contributed by atoms with Crippen molar-refractivity contribution in [1.29, 1.82) is 0 Å². The van der Waals surface area contributed by atoms with Crippen molar-refractivity contribution in [2.75, 3.05) is 18.0 Å². The fraction of sp³-hybridized carbons (Fsp3) is 0.231. The summed E-state index contributed by atoms with van der Waals surface area (Å²) in [5.41, 5.74) is 1.74. The Hall–Kier alpha value is -3.72. The molecular weight excluding hydrogens is 473 g/mol. The third-order valence-electron chi connectivity index (χ3n) is 5.88. The molecule has 35 heavy (non-hydrogen) atoms. The van der Waals surface area contributed by atoms with Crippen molar-refractivity contribution in [3.8, 4) is 11.5 Å². The molecule has 0 bridgehead atoms. The molecule has 1 unspecified atom stereocenters. The van der Waals surface area contributed by atoms with E-state index in [9.17, 15) is 22.4 Å². The van der Waals surface area contributed by atoms with Crippen LogP contribution in [0.5, 0.6) is 11.5 Å². The number of aryl methyl sites for hydroxylation is 1. The zero-order valence-corrected chi connectivity index (χ0v) is 20.3. The largest absolute Gasteiger partial charge is 0.482 e. The molecule has 0 fully saturated rings. The number of esters is 1. The molecule has 0 aliphatic heterocycles. The maximum absolute atomic E-state index is 14.1. The summed E-state index contributed by atoms with van der Waals surface area (Å²) in [6.45, 7) is 3.17. The quantitative estimate of drug-likeness (QED) is 0.349. The zero-order chi connectivity index (χ0) is 25.3. The van der Waals surface area contributed by atoms with Gasteiger partial charge in [-0.15, -0.1) is 0 Å². The van der Waals surface area contributed by atoms with E-state index in [0.717, 1.165) is 9.87 Å². The van der Waals surface area contributed by atoms with Gasteiger partial charge in [0.05, 0.1) is 16.1 Å². The van der Waals surface area contributed by atoms with Crippen LogP contribution in [-0.2, 0) is 14.8 Å². The van der Waals surface area contributed by atoms with E-state index in [-0.39, 0.29) is 39.9 Å². The van der Waals surface area contributed by atoms with Gasteiger partial charge in [-0.2, -0.15) is 0 Å². The number of rotatable bonds is 7. The minimum absolute atomic E-state index is 0.0163. The van der Waals surface area contributed by atoms with Gasteiger partial charge in [-0.05, 0) is 61.4 Å². The normalized spacial score (nSPS) is 15.0. The van der Waals surface area contributed by atoms with E-state index in [1.54, 1.807) is 43.3 Å². The van der Waals surface area contributed by atoms with Crippen molar-refractivity contribution in [2.45, 2.75) is 31.1 Å². The standard InChI is InChI=1S/C26H24FNO6S/c1-16-4-10-20(11-5-16)35(31,32)28(3)18-6-8-19(9-7-18)33-15-24(30)34-23-13-12-21(27)25-17(2)14-22(29)26(23)25/h4-13,17H,14-15H2,1-3H3. The van der Waals surface area contributed by atoms with Crippen LogP contribution in [0.1, 0.15) is 40.7 Å². The van der Waals surface area contributed by atoms with E-state index in [0.29, 0.717) is 11.4 Å². The van der Waals surface area contributed by atoms with E-state index in [1.165, 1.54) is 31.3 Å². The van der Waals surface area contributed by atoms with E-state index in [1.807, 2.05) is 6.92 Å². The number of halogens is 1. The third-order valence-corrected chi connectivity index (χ3v) is 7.68. The van der Waals surface area contributed by atoms with Crippen LogP contribution in [0, 0.1) is 12.7 Å². The lowest BCUT2D eigenvalue weighted by Gasteiger charge is -2.20. The van der Waals surface area contributed by atoms with E-state index >= 15 is 0 Å². The first-order valence-electron chi connectivity index (χ1n) is 10.9. The summed E-state index contributed by atoms with van der Waals surface area (Å²) < 4.78 is 51.7. The summed E-state index contributed by atoms with van der Waals surface area (Å²) >= 11 is 0. The Morgan fingerprint density at radius 2 is 1.71 bits per heavy atom. The monoisotopic (exact) mass is 497 g/mol. The average molecular weight is 498 g/mol. The van der Waals surface area contributed by atoms with Crippen molar-refractivity contribution in [1.82, 2.24) is 0 Å². The molecule has 1 atom stereocenters. The van der Waals surface area contributed by atoms with Gasteiger partial charge in [0.25, 0.3) is 10.0 Å². The molecular formula is C26H24FNO6S. The molecule has 4 rings (SSSR count). The lowest BCUT2D eigenvalue weighted by atomic mass is 10.0. The van der Waals surface area contributed by atoms with E-state index < -0.39 is 28.4 Å². The molecule has 0 spiro atoms. The number of ketones is 1. The molecule has 0 aromatic heterocycles. The van der Waals surface area contributed by atoms with Gasteiger partial charge >= 0.3 is 5.97 Å². The maximum atomic E-state index is 14.1. The van der Waals surface area contributed by atoms with Gasteiger partial charge in [-0.1, -0.05) is 24.6 Å². The lowest BCUT2D eigenvalue weighted by Crippen LogP contribution is -2.26. The minimum Gasteiger partial charge on any atom is -0.482 e. The molecule has 9 heteroatoms. The van der Waals surface area contributed by atoms with Gasteiger partial charge < -0.3 is 9.47 Å². The molecule has 3 aromatic carbocycles. The highest BCUT2D eigenvalue weighted by Crippen LogP contribution is 2.39. The first kappa shape index (κ1) is 24.4. The highest BCUT2D eigenvalue weighted by atomic mass is 32.2. The molecule has 0 amide bonds. The van der Waals surface area contributed by atoms with Crippen LogP contribution in [0.2, 0.25) is 0 Å². The summed E-state index contributed by atoms with van der Waals surface area (Å²) in [5, 5.41) is 0. The van der Waals surface area contributed by atoms with Gasteiger partial charge in [0.15, 0.2) is 12.4 Å². The topological polar surface area (TPSA) is 90.0 Å². The second-order valence-electron chi connectivity index (χ2n) is 8.40. The molecule has 7 nitrogen and oxygen atoms in total. The SMILES string of the molecule is Cc1ccc(S(=O)(=O)N(C)c2ccc(OCC(=O)Oc3ccc(F)c4c3C(=O)CC4C)cc2)cc1. The Bertz CT molecular complexity index is 1380. The molecule has 0 radical (unpaired) electrons. The summed E-state index contributed by atoms with van der Waals surface area (Å²) in [5.74, 6) is -1.46. The number of carbonyl (C=O) groups is 2. The highest BCUT2D eigenvalue weighted by molar-refractivity contribution is 7.92.